The van der Waals surface area contributed by atoms with E-state index in [1.165, 1.54) is 66.8 Å². The van der Waals surface area contributed by atoms with E-state index in [4.69, 9.17) is 0 Å². The lowest BCUT2D eigenvalue weighted by molar-refractivity contribution is 0.592. The van der Waals surface area contributed by atoms with Gasteiger partial charge in [-0.3, -0.25) is 0 Å². The van der Waals surface area contributed by atoms with E-state index in [0.29, 0.717) is 6.54 Å². The zero-order chi connectivity index (χ0) is 54.7. The molecule has 0 atom stereocenters. The molecule has 9 aromatic rings. The molecule has 2 aliphatic rings. The summed E-state index contributed by atoms with van der Waals surface area (Å²) in [6, 6.07) is 78.4. The Balaban J connectivity index is 1.04. The fourth-order valence-electron chi connectivity index (χ4n) is 11.6. The first-order valence-corrected chi connectivity index (χ1v) is 27.7. The molecule has 0 heterocycles. The summed E-state index contributed by atoms with van der Waals surface area (Å²) in [4.78, 5) is 7.16. The molecular weight excluding hydrogens is 955 g/mol. The summed E-state index contributed by atoms with van der Waals surface area (Å²) in [7, 11) is 0. The number of rotatable bonds is 14. The van der Waals surface area contributed by atoms with Crippen molar-refractivity contribution in [1.82, 2.24) is 0 Å². The molecule has 0 amide bonds. The molecule has 0 unspecified atom stereocenters. The summed E-state index contributed by atoms with van der Waals surface area (Å²) in [5.41, 5.74) is 28.0. The van der Waals surface area contributed by atoms with Crippen LogP contribution in [0, 0.1) is 6.92 Å². The topological polar surface area (TPSA) is 9.72 Å². The molecule has 11 rings (SSSR count). The molecule has 2 aliphatic carbocycles. The highest BCUT2D eigenvalue weighted by atomic mass is 15.2. The Morgan fingerprint density at radius 2 is 1.04 bits per heavy atom. The van der Waals surface area contributed by atoms with Crippen molar-refractivity contribution in [2.45, 2.75) is 66.2 Å². The molecule has 0 fully saturated rings. The van der Waals surface area contributed by atoms with Crippen LogP contribution in [0.4, 0.5) is 39.8 Å². The number of aryl methyl sites for hydroxylation is 1. The molecule has 3 heteroatoms. The molecule has 388 valence electrons. The van der Waals surface area contributed by atoms with Crippen molar-refractivity contribution >= 4 is 39.8 Å². The van der Waals surface area contributed by atoms with Crippen LogP contribution < -0.4 is 14.7 Å². The minimum absolute atomic E-state index is 0.129. The second kappa shape index (κ2) is 22.1. The average Bonchev–Trinajstić information content (AvgIpc) is 3.87. The van der Waals surface area contributed by atoms with Crippen molar-refractivity contribution in [2.75, 3.05) is 21.2 Å². The number of hydrogen-bond acceptors (Lipinski definition) is 3. The van der Waals surface area contributed by atoms with E-state index in [1.807, 2.05) is 6.08 Å². The average molecular weight is 1020 g/mol. The van der Waals surface area contributed by atoms with Gasteiger partial charge in [-0.15, -0.1) is 5.73 Å². The summed E-state index contributed by atoms with van der Waals surface area (Å²) in [6.07, 6.45) is 17.0. The number of hydrogen-bond donors (Lipinski definition) is 0. The Hall–Kier alpha value is -9.14. The molecular formula is C76H69N3. The number of benzene rings is 9. The predicted molar refractivity (Wildman–Crippen MR) is 339 cm³/mol. The van der Waals surface area contributed by atoms with Gasteiger partial charge in [0.15, 0.2) is 0 Å². The normalized spacial score (nSPS) is 13.5. The van der Waals surface area contributed by atoms with Crippen LogP contribution in [0.2, 0.25) is 0 Å². The third kappa shape index (κ3) is 10.7. The van der Waals surface area contributed by atoms with E-state index in [2.05, 4.69) is 331 Å². The molecule has 0 N–H and O–H groups in total. The summed E-state index contributed by atoms with van der Waals surface area (Å²) in [5, 5.41) is 0. The van der Waals surface area contributed by atoms with Gasteiger partial charge in [-0.1, -0.05) is 186 Å². The van der Waals surface area contributed by atoms with Crippen LogP contribution in [-0.2, 0) is 10.8 Å². The summed E-state index contributed by atoms with van der Waals surface area (Å²) in [6.45, 7) is 19.0. The lowest BCUT2D eigenvalue weighted by Crippen LogP contribution is -2.18. The standard InChI is InChI=1S/C76H69N3/c1-9-10-11-26-44-77(60-29-16-12-17-30-60)65-48-58(49-67(53-65)78(61-31-18-13-19-32-61)62-33-20-14-21-34-62)56-40-42-69-70-43-41-57(52-73(70)76(7,8)72(69)51-56)74-68(38-27-39-71(74)75(4,5)6)59-45-55(3)47-66(50-59)79(63-35-22-15-23-36-63)64-37-25-24-28-54(2)46-64/h9-24,26-43,45-53H,44H2,1-8H3/b10-9-,26-11-. The third-order valence-electron chi connectivity index (χ3n) is 15.4. The first kappa shape index (κ1) is 51.9. The molecule has 0 saturated heterocycles. The Labute approximate surface area is 469 Å². The molecule has 0 aliphatic heterocycles. The Bertz CT molecular complexity index is 3840. The number of nitrogens with zero attached hydrogens (tertiary/aromatic N) is 3. The highest BCUT2D eigenvalue weighted by Crippen LogP contribution is 2.53. The fourth-order valence-corrected chi connectivity index (χ4v) is 11.6. The van der Waals surface area contributed by atoms with Crippen molar-refractivity contribution in [3.8, 4) is 44.5 Å². The Kier molecular flexibility index (Phi) is 14.5. The minimum atomic E-state index is -0.296. The van der Waals surface area contributed by atoms with Crippen molar-refractivity contribution in [1.29, 1.82) is 0 Å². The van der Waals surface area contributed by atoms with E-state index in [-0.39, 0.29) is 10.8 Å². The summed E-state index contributed by atoms with van der Waals surface area (Å²) >= 11 is 0. The molecule has 0 spiro atoms. The summed E-state index contributed by atoms with van der Waals surface area (Å²) < 4.78 is 0. The van der Waals surface area contributed by atoms with E-state index >= 15 is 0 Å². The van der Waals surface area contributed by atoms with Crippen LogP contribution in [-0.4, -0.2) is 6.54 Å². The van der Waals surface area contributed by atoms with Crippen LogP contribution >= 0.6 is 0 Å². The molecule has 0 aromatic heterocycles. The number of para-hydroxylation sites is 4. The number of fused-ring (bicyclic) bond motifs is 3. The van der Waals surface area contributed by atoms with Gasteiger partial charge in [-0.25, -0.2) is 0 Å². The van der Waals surface area contributed by atoms with Crippen LogP contribution in [0.3, 0.4) is 0 Å². The lowest BCUT2D eigenvalue weighted by Gasteiger charge is -2.30. The SMILES string of the molecule is C/C=C\C=C/CN(c1ccccc1)c1cc(-c2ccc3c(c2)C(C)(C)c2cc(-c4c(-c5cc(C)cc(N(C6=CC(C)=CC=C=C6)c6ccccc6)c5)cccc4C(C)(C)C)ccc2-3)cc(N(c2ccccc2)c2ccccc2)c1. The maximum absolute atomic E-state index is 3.40. The van der Waals surface area contributed by atoms with Crippen molar-refractivity contribution in [3.63, 3.8) is 0 Å². The second-order valence-electron chi connectivity index (χ2n) is 22.5. The lowest BCUT2D eigenvalue weighted by atomic mass is 9.77. The highest BCUT2D eigenvalue weighted by molar-refractivity contribution is 5.93. The molecule has 0 radical (unpaired) electrons. The van der Waals surface area contributed by atoms with Crippen molar-refractivity contribution in [2.24, 2.45) is 0 Å². The monoisotopic (exact) mass is 1020 g/mol. The van der Waals surface area contributed by atoms with Gasteiger partial charge in [-0.05, 0) is 202 Å². The Morgan fingerprint density at radius 1 is 0.481 bits per heavy atom. The van der Waals surface area contributed by atoms with Crippen LogP contribution in [0.25, 0.3) is 44.5 Å². The first-order chi connectivity index (χ1) is 38.3. The van der Waals surface area contributed by atoms with Crippen LogP contribution in [0.1, 0.15) is 70.7 Å². The quantitative estimate of drug-likeness (QED) is 0.0794. The van der Waals surface area contributed by atoms with Gasteiger partial charge < -0.3 is 14.7 Å². The van der Waals surface area contributed by atoms with E-state index < -0.39 is 0 Å². The maximum atomic E-state index is 3.40. The minimum Gasteiger partial charge on any atom is -0.338 e. The van der Waals surface area contributed by atoms with Crippen LogP contribution in [0.15, 0.2) is 278 Å². The predicted octanol–water partition coefficient (Wildman–Crippen LogP) is 21.0. The molecule has 79 heavy (non-hydrogen) atoms. The molecule has 3 nitrogen and oxygen atoms in total. The van der Waals surface area contributed by atoms with Gasteiger partial charge in [0, 0.05) is 57.8 Å². The first-order valence-electron chi connectivity index (χ1n) is 27.7. The van der Waals surface area contributed by atoms with Gasteiger partial charge in [0.1, 0.15) is 0 Å². The summed E-state index contributed by atoms with van der Waals surface area (Å²) in [5.74, 6) is 0. The van der Waals surface area contributed by atoms with E-state index in [1.54, 1.807) is 0 Å². The number of anilines is 7. The molecule has 0 bridgehead atoms. The zero-order valence-electron chi connectivity index (χ0n) is 46.9. The molecule has 0 saturated carbocycles. The van der Waals surface area contributed by atoms with Crippen molar-refractivity contribution < 1.29 is 0 Å². The van der Waals surface area contributed by atoms with Gasteiger partial charge in [0.05, 0.1) is 5.70 Å². The van der Waals surface area contributed by atoms with Crippen LogP contribution in [0.5, 0.6) is 0 Å². The van der Waals surface area contributed by atoms with Gasteiger partial charge >= 0.3 is 0 Å². The zero-order valence-corrected chi connectivity index (χ0v) is 46.9. The van der Waals surface area contributed by atoms with Gasteiger partial charge in [0.25, 0.3) is 0 Å². The Morgan fingerprint density at radius 3 is 1.66 bits per heavy atom. The number of allylic oxidation sites excluding steroid dienone is 7. The largest absolute Gasteiger partial charge is 0.338 e. The van der Waals surface area contributed by atoms with E-state index in [0.717, 1.165) is 51.1 Å². The maximum Gasteiger partial charge on any atom is 0.0541 e. The van der Waals surface area contributed by atoms with Gasteiger partial charge in [0.2, 0.25) is 0 Å². The second-order valence-corrected chi connectivity index (χ2v) is 22.5. The van der Waals surface area contributed by atoms with Gasteiger partial charge in [-0.2, -0.15) is 0 Å². The van der Waals surface area contributed by atoms with Crippen molar-refractivity contribution in [3.05, 3.63) is 300 Å². The third-order valence-corrected chi connectivity index (χ3v) is 15.4. The smallest absolute Gasteiger partial charge is 0.0541 e. The van der Waals surface area contributed by atoms with E-state index in [9.17, 15) is 0 Å². The fraction of sp³-hybridized carbons (Fsp3) is 0.145. The molecule has 9 aromatic carbocycles. The highest BCUT2D eigenvalue weighted by Gasteiger charge is 2.37.